The van der Waals surface area contributed by atoms with Crippen molar-refractivity contribution in [3.8, 4) is 11.5 Å². The Labute approximate surface area is 182 Å². The van der Waals surface area contributed by atoms with E-state index in [9.17, 15) is 10.2 Å². The SMILES string of the molecule is C=C1CC[C@@H](O)C(C)(C)[C@H]1CC/C(C)=C/CC[C@@]1(C)CCc2cc(O)cc(C)c2O1. The average Bonchev–Trinajstić information content (AvgIpc) is 2.65. The maximum atomic E-state index is 10.4. The second-order valence-corrected chi connectivity index (χ2v) is 10.5. The molecule has 0 bridgehead atoms. The molecule has 3 heteroatoms. The van der Waals surface area contributed by atoms with Gasteiger partial charge in [0.15, 0.2) is 0 Å². The number of benzene rings is 1. The lowest BCUT2D eigenvalue weighted by atomic mass is 9.63. The van der Waals surface area contributed by atoms with Crippen molar-refractivity contribution >= 4 is 0 Å². The van der Waals surface area contributed by atoms with E-state index in [1.807, 2.05) is 13.0 Å². The number of aliphatic hydroxyl groups excluding tert-OH is 1. The zero-order chi connectivity index (χ0) is 22.1. The van der Waals surface area contributed by atoms with Crippen LogP contribution in [-0.2, 0) is 6.42 Å². The molecule has 0 spiro atoms. The van der Waals surface area contributed by atoms with Crippen molar-refractivity contribution in [3.05, 3.63) is 47.1 Å². The molecule has 1 aromatic carbocycles. The molecule has 2 N–H and O–H groups in total. The van der Waals surface area contributed by atoms with Crippen LogP contribution in [0.25, 0.3) is 0 Å². The number of hydrogen-bond donors (Lipinski definition) is 2. The third kappa shape index (κ3) is 4.94. The van der Waals surface area contributed by atoms with Gasteiger partial charge in [0.2, 0.25) is 0 Å². The van der Waals surface area contributed by atoms with Gasteiger partial charge in [-0.05, 0) is 107 Å². The molecule has 3 rings (SSSR count). The van der Waals surface area contributed by atoms with Crippen LogP contribution in [0.4, 0.5) is 0 Å². The van der Waals surface area contributed by atoms with Gasteiger partial charge < -0.3 is 14.9 Å². The van der Waals surface area contributed by atoms with E-state index in [0.29, 0.717) is 11.7 Å². The first-order valence-corrected chi connectivity index (χ1v) is 11.5. The molecule has 30 heavy (non-hydrogen) atoms. The average molecular weight is 413 g/mol. The van der Waals surface area contributed by atoms with Crippen molar-refractivity contribution in [2.45, 2.75) is 97.7 Å². The van der Waals surface area contributed by atoms with Gasteiger partial charge in [0.1, 0.15) is 17.1 Å². The van der Waals surface area contributed by atoms with Crippen molar-refractivity contribution in [2.24, 2.45) is 11.3 Å². The molecule has 1 heterocycles. The van der Waals surface area contributed by atoms with E-state index in [4.69, 9.17) is 4.74 Å². The molecule has 3 atom stereocenters. The number of phenolic OH excluding ortho intramolecular Hbond substituents is 1. The summed E-state index contributed by atoms with van der Waals surface area (Å²) in [6, 6.07) is 3.62. The monoisotopic (exact) mass is 412 g/mol. The lowest BCUT2D eigenvalue weighted by molar-refractivity contribution is -0.00881. The molecule has 2 aliphatic rings. The van der Waals surface area contributed by atoms with E-state index in [-0.39, 0.29) is 17.1 Å². The van der Waals surface area contributed by atoms with Crippen molar-refractivity contribution in [2.75, 3.05) is 0 Å². The number of phenols is 1. The van der Waals surface area contributed by atoms with Crippen LogP contribution < -0.4 is 4.74 Å². The summed E-state index contributed by atoms with van der Waals surface area (Å²) in [7, 11) is 0. The molecule has 1 saturated carbocycles. The zero-order valence-electron chi connectivity index (χ0n) is 19.6. The number of hydrogen-bond acceptors (Lipinski definition) is 3. The predicted molar refractivity (Wildman–Crippen MR) is 124 cm³/mol. The maximum Gasteiger partial charge on any atom is 0.126 e. The van der Waals surface area contributed by atoms with Gasteiger partial charge >= 0.3 is 0 Å². The number of rotatable bonds is 6. The van der Waals surface area contributed by atoms with Crippen LogP contribution in [0.2, 0.25) is 0 Å². The Morgan fingerprint density at radius 1 is 1.27 bits per heavy atom. The number of aromatic hydroxyl groups is 1. The summed E-state index contributed by atoms with van der Waals surface area (Å²) < 4.78 is 6.42. The van der Waals surface area contributed by atoms with E-state index < -0.39 is 0 Å². The van der Waals surface area contributed by atoms with Crippen LogP contribution in [0.3, 0.4) is 0 Å². The molecule has 1 fully saturated rings. The first-order chi connectivity index (χ1) is 14.0. The van der Waals surface area contributed by atoms with Gasteiger partial charge in [-0.3, -0.25) is 0 Å². The van der Waals surface area contributed by atoms with Crippen LogP contribution in [0.15, 0.2) is 35.9 Å². The first kappa shape index (κ1) is 22.9. The molecule has 0 radical (unpaired) electrons. The molecular formula is C27H40O3. The normalized spacial score (nSPS) is 28.7. The fourth-order valence-electron chi connectivity index (χ4n) is 5.33. The molecule has 0 unspecified atom stereocenters. The largest absolute Gasteiger partial charge is 0.508 e. The minimum Gasteiger partial charge on any atom is -0.508 e. The molecule has 1 aromatic rings. The third-order valence-corrected chi connectivity index (χ3v) is 7.59. The summed E-state index contributed by atoms with van der Waals surface area (Å²) in [5.74, 6) is 1.67. The Morgan fingerprint density at radius 3 is 2.73 bits per heavy atom. The number of ether oxygens (including phenoxy) is 1. The van der Waals surface area contributed by atoms with Gasteiger partial charge in [0, 0.05) is 0 Å². The zero-order valence-corrected chi connectivity index (χ0v) is 19.6. The van der Waals surface area contributed by atoms with E-state index in [1.54, 1.807) is 6.07 Å². The molecule has 3 nitrogen and oxygen atoms in total. The Morgan fingerprint density at radius 2 is 2.00 bits per heavy atom. The molecule has 1 aliphatic heterocycles. The minimum absolute atomic E-state index is 0.0846. The summed E-state index contributed by atoms with van der Waals surface area (Å²) in [4.78, 5) is 0. The number of aryl methyl sites for hydroxylation is 2. The van der Waals surface area contributed by atoms with Gasteiger partial charge in [0.25, 0.3) is 0 Å². The van der Waals surface area contributed by atoms with Gasteiger partial charge in [-0.25, -0.2) is 0 Å². The molecule has 0 aromatic heterocycles. The van der Waals surface area contributed by atoms with Crippen LogP contribution in [0.1, 0.15) is 83.8 Å². The van der Waals surface area contributed by atoms with Gasteiger partial charge in [-0.2, -0.15) is 0 Å². The van der Waals surface area contributed by atoms with Crippen LogP contribution in [-0.4, -0.2) is 21.9 Å². The summed E-state index contributed by atoms with van der Waals surface area (Å²) in [6.45, 7) is 15.1. The summed E-state index contributed by atoms with van der Waals surface area (Å²) in [5.41, 5.74) is 4.61. The second-order valence-electron chi connectivity index (χ2n) is 10.5. The van der Waals surface area contributed by atoms with Crippen molar-refractivity contribution in [1.82, 2.24) is 0 Å². The van der Waals surface area contributed by atoms with E-state index in [2.05, 4.69) is 40.3 Å². The Kier molecular flexibility index (Phi) is 6.72. The highest BCUT2D eigenvalue weighted by Gasteiger charge is 2.40. The van der Waals surface area contributed by atoms with Gasteiger partial charge in [0.05, 0.1) is 6.10 Å². The van der Waals surface area contributed by atoms with Crippen LogP contribution in [0.5, 0.6) is 11.5 Å². The van der Waals surface area contributed by atoms with Crippen molar-refractivity contribution in [1.29, 1.82) is 0 Å². The summed E-state index contributed by atoms with van der Waals surface area (Å²) in [5, 5.41) is 20.3. The lowest BCUT2D eigenvalue weighted by Gasteiger charge is -2.44. The Balaban J connectivity index is 1.54. The molecular weight excluding hydrogens is 372 g/mol. The van der Waals surface area contributed by atoms with Gasteiger partial charge in [-0.15, -0.1) is 0 Å². The standard InChI is InChI=1S/C27H40O3/c1-18(9-11-23-19(2)10-12-24(29)26(23,4)5)8-7-14-27(6)15-13-21-17-22(28)16-20(3)25(21)30-27/h8,16-17,23-24,28-29H,2,7,9-15H2,1,3-6H3/b18-8+/t23-,24+,27-/m0/s1. The molecule has 1 aliphatic carbocycles. The minimum atomic E-state index is -0.228. The Hall–Kier alpha value is -1.74. The topological polar surface area (TPSA) is 49.7 Å². The molecule has 0 amide bonds. The number of fused-ring (bicyclic) bond motifs is 1. The third-order valence-electron chi connectivity index (χ3n) is 7.59. The highest BCUT2D eigenvalue weighted by atomic mass is 16.5. The first-order valence-electron chi connectivity index (χ1n) is 11.5. The number of allylic oxidation sites excluding steroid dienone is 3. The smallest absolute Gasteiger partial charge is 0.126 e. The highest BCUT2D eigenvalue weighted by Crippen LogP contribution is 2.46. The molecule has 0 saturated heterocycles. The summed E-state index contributed by atoms with van der Waals surface area (Å²) in [6.07, 6.45) is 9.97. The lowest BCUT2D eigenvalue weighted by Crippen LogP contribution is -2.41. The molecule has 166 valence electrons. The Bertz CT molecular complexity index is 820. The summed E-state index contributed by atoms with van der Waals surface area (Å²) >= 11 is 0. The fourth-order valence-corrected chi connectivity index (χ4v) is 5.33. The number of aliphatic hydroxyl groups is 1. The maximum absolute atomic E-state index is 10.4. The second kappa shape index (κ2) is 8.78. The van der Waals surface area contributed by atoms with Crippen LogP contribution in [0, 0.1) is 18.3 Å². The fraction of sp³-hybridized carbons (Fsp3) is 0.630. The predicted octanol–water partition coefficient (Wildman–Crippen LogP) is 6.64. The highest BCUT2D eigenvalue weighted by molar-refractivity contribution is 5.47. The van der Waals surface area contributed by atoms with E-state index in [0.717, 1.165) is 68.2 Å². The van der Waals surface area contributed by atoms with Gasteiger partial charge in [-0.1, -0.05) is 37.6 Å². The van der Waals surface area contributed by atoms with Crippen LogP contribution >= 0.6 is 0 Å². The quantitative estimate of drug-likeness (QED) is 0.515. The van der Waals surface area contributed by atoms with E-state index in [1.165, 1.54) is 11.1 Å². The van der Waals surface area contributed by atoms with E-state index >= 15 is 0 Å². The van der Waals surface area contributed by atoms with Crippen molar-refractivity contribution < 1.29 is 14.9 Å². The van der Waals surface area contributed by atoms with Crippen molar-refractivity contribution in [3.63, 3.8) is 0 Å².